The fraction of sp³-hybridized carbons (Fsp3) is 0.167. The van der Waals surface area contributed by atoms with Crippen molar-refractivity contribution >= 4 is 45.9 Å². The Kier molecular flexibility index (Phi) is 4.52. The van der Waals surface area contributed by atoms with Crippen LogP contribution in [0.25, 0.3) is 0 Å². The summed E-state index contributed by atoms with van der Waals surface area (Å²) in [6.45, 7) is 0.586. The third-order valence-corrected chi connectivity index (χ3v) is 6.67. The van der Waals surface area contributed by atoms with Crippen LogP contribution in [-0.2, 0) is 6.42 Å². The average molecular weight is 405 g/mol. The van der Waals surface area contributed by atoms with Gasteiger partial charge in [-0.25, -0.2) is 0 Å². The van der Waals surface area contributed by atoms with Crippen LogP contribution in [0.2, 0.25) is 5.02 Å². The van der Waals surface area contributed by atoms with Gasteiger partial charge in [-0.1, -0.05) is 17.7 Å². The summed E-state index contributed by atoms with van der Waals surface area (Å²) in [6, 6.07) is 9.91. The molecule has 1 aliphatic heterocycles. The van der Waals surface area contributed by atoms with Crippen molar-refractivity contribution in [1.29, 1.82) is 0 Å². The number of halogens is 1. The number of carbonyl (C=O) groups excluding carboxylic acids is 1. The molecule has 0 saturated carbocycles. The van der Waals surface area contributed by atoms with Crippen molar-refractivity contribution in [3.8, 4) is 0 Å². The lowest BCUT2D eigenvalue weighted by molar-refractivity contribution is -0.384. The normalized spacial score (nSPS) is 16.3. The van der Waals surface area contributed by atoms with Gasteiger partial charge in [0.15, 0.2) is 0 Å². The summed E-state index contributed by atoms with van der Waals surface area (Å²) in [5, 5.41) is 15.1. The minimum Gasteiger partial charge on any atom is -0.326 e. The minimum atomic E-state index is -0.521. The molecule has 8 heteroatoms. The highest BCUT2D eigenvalue weighted by Crippen LogP contribution is 2.40. The van der Waals surface area contributed by atoms with Gasteiger partial charge in [-0.3, -0.25) is 14.9 Å². The van der Waals surface area contributed by atoms with Crippen molar-refractivity contribution in [2.45, 2.75) is 12.5 Å². The van der Waals surface area contributed by atoms with Gasteiger partial charge in [0.05, 0.1) is 21.6 Å². The minimum absolute atomic E-state index is 0.102. The first-order valence-electron chi connectivity index (χ1n) is 7.91. The second-order valence-electron chi connectivity index (χ2n) is 5.89. The second-order valence-corrected chi connectivity index (χ2v) is 8.27. The zero-order valence-electron chi connectivity index (χ0n) is 13.4. The van der Waals surface area contributed by atoms with Crippen molar-refractivity contribution in [3.63, 3.8) is 0 Å². The standard InChI is InChI=1S/C18H13ClN2O3S2/c19-14-10-11(21(23)24)3-4-12(14)18(22)20-7-5-15-13(6-9-26-15)17(20)16-2-1-8-25-16/h1-4,6,8-10,17H,5,7H2. The molecule has 3 heterocycles. The number of hydrogen-bond acceptors (Lipinski definition) is 5. The summed E-state index contributed by atoms with van der Waals surface area (Å²) in [4.78, 5) is 27.8. The highest BCUT2D eigenvalue weighted by Gasteiger charge is 2.34. The Morgan fingerprint density at radius 2 is 2.08 bits per heavy atom. The van der Waals surface area contributed by atoms with Crippen LogP contribution in [0.5, 0.6) is 0 Å². The van der Waals surface area contributed by atoms with Crippen LogP contribution in [-0.4, -0.2) is 22.3 Å². The lowest BCUT2D eigenvalue weighted by Gasteiger charge is -2.35. The molecular formula is C18H13ClN2O3S2. The van der Waals surface area contributed by atoms with E-state index in [0.29, 0.717) is 6.54 Å². The van der Waals surface area contributed by atoms with E-state index in [1.165, 1.54) is 23.1 Å². The first-order valence-corrected chi connectivity index (χ1v) is 10.0. The molecule has 0 bridgehead atoms. The summed E-state index contributed by atoms with van der Waals surface area (Å²) in [6.07, 6.45) is 0.797. The molecule has 1 atom stereocenters. The predicted octanol–water partition coefficient (Wildman–Crippen LogP) is 5.16. The van der Waals surface area contributed by atoms with E-state index >= 15 is 0 Å². The molecule has 26 heavy (non-hydrogen) atoms. The first kappa shape index (κ1) is 17.2. The molecule has 5 nitrogen and oxygen atoms in total. The molecule has 0 fully saturated rings. The number of hydrogen-bond donors (Lipinski definition) is 0. The Morgan fingerprint density at radius 1 is 1.23 bits per heavy atom. The van der Waals surface area contributed by atoms with E-state index in [1.807, 2.05) is 22.4 Å². The van der Waals surface area contributed by atoms with E-state index in [0.717, 1.165) is 16.9 Å². The monoisotopic (exact) mass is 404 g/mol. The molecule has 0 saturated heterocycles. The Morgan fingerprint density at radius 3 is 2.77 bits per heavy atom. The molecule has 132 valence electrons. The number of benzene rings is 1. The van der Waals surface area contributed by atoms with Crippen LogP contribution >= 0.6 is 34.3 Å². The van der Waals surface area contributed by atoms with Gasteiger partial charge in [-0.05, 0) is 40.9 Å². The molecule has 0 N–H and O–H groups in total. The fourth-order valence-corrected chi connectivity index (χ4v) is 5.25. The van der Waals surface area contributed by atoms with Gasteiger partial charge in [0, 0.05) is 28.4 Å². The predicted molar refractivity (Wildman–Crippen MR) is 103 cm³/mol. The molecule has 0 aliphatic carbocycles. The quantitative estimate of drug-likeness (QED) is 0.447. The maximum absolute atomic E-state index is 13.2. The van der Waals surface area contributed by atoms with Crippen molar-refractivity contribution in [1.82, 2.24) is 4.90 Å². The topological polar surface area (TPSA) is 63.4 Å². The van der Waals surface area contributed by atoms with Crippen LogP contribution in [0.1, 0.15) is 31.7 Å². The van der Waals surface area contributed by atoms with E-state index in [-0.39, 0.29) is 28.2 Å². The fourth-order valence-electron chi connectivity index (χ4n) is 3.23. The number of carbonyl (C=O) groups is 1. The number of nitro groups is 1. The van der Waals surface area contributed by atoms with Crippen molar-refractivity contribution in [2.24, 2.45) is 0 Å². The Hall–Kier alpha value is -2.22. The van der Waals surface area contributed by atoms with E-state index in [9.17, 15) is 14.9 Å². The molecule has 2 aromatic heterocycles. The summed E-state index contributed by atoms with van der Waals surface area (Å²) in [7, 11) is 0. The third-order valence-electron chi connectivity index (χ3n) is 4.43. The molecule has 3 aromatic rings. The summed E-state index contributed by atoms with van der Waals surface area (Å²) in [5.41, 5.74) is 1.31. The number of rotatable bonds is 3. The Bertz CT molecular complexity index is 984. The first-order chi connectivity index (χ1) is 12.6. The lowest BCUT2D eigenvalue weighted by atomic mass is 9.97. The van der Waals surface area contributed by atoms with E-state index in [2.05, 4.69) is 11.4 Å². The third kappa shape index (κ3) is 2.92. The highest BCUT2D eigenvalue weighted by atomic mass is 35.5. The summed E-state index contributed by atoms with van der Waals surface area (Å²) in [5.74, 6) is -0.208. The number of nitrogens with zero attached hydrogens (tertiary/aromatic N) is 2. The number of amides is 1. The SMILES string of the molecule is O=C(c1ccc([N+](=O)[O-])cc1Cl)N1CCc2sccc2C1c1cccs1. The number of fused-ring (bicyclic) bond motifs is 1. The molecule has 0 radical (unpaired) electrons. The zero-order chi connectivity index (χ0) is 18.3. The molecule has 0 spiro atoms. The highest BCUT2D eigenvalue weighted by molar-refractivity contribution is 7.10. The maximum Gasteiger partial charge on any atom is 0.270 e. The number of nitro benzene ring substituents is 1. The van der Waals surface area contributed by atoms with Gasteiger partial charge in [-0.15, -0.1) is 22.7 Å². The Labute approximate surface area is 162 Å². The average Bonchev–Trinajstić information content (AvgIpc) is 3.31. The molecule has 1 aliphatic rings. The lowest BCUT2D eigenvalue weighted by Crippen LogP contribution is -2.39. The van der Waals surface area contributed by atoms with Crippen LogP contribution in [0, 0.1) is 10.1 Å². The van der Waals surface area contributed by atoms with Gasteiger partial charge in [0.2, 0.25) is 0 Å². The molecule has 1 aromatic carbocycles. The van der Waals surface area contributed by atoms with Gasteiger partial charge in [0.25, 0.3) is 11.6 Å². The van der Waals surface area contributed by atoms with Crippen LogP contribution in [0.3, 0.4) is 0 Å². The van der Waals surface area contributed by atoms with E-state index in [4.69, 9.17) is 11.6 Å². The molecule has 1 unspecified atom stereocenters. The number of non-ortho nitro benzene ring substituents is 1. The smallest absolute Gasteiger partial charge is 0.270 e. The zero-order valence-corrected chi connectivity index (χ0v) is 15.8. The molecule has 4 rings (SSSR count). The maximum atomic E-state index is 13.2. The van der Waals surface area contributed by atoms with Gasteiger partial charge < -0.3 is 4.90 Å². The van der Waals surface area contributed by atoms with Crippen LogP contribution in [0.4, 0.5) is 5.69 Å². The van der Waals surface area contributed by atoms with Crippen LogP contribution in [0.15, 0.2) is 47.2 Å². The van der Waals surface area contributed by atoms with Gasteiger partial charge in [-0.2, -0.15) is 0 Å². The van der Waals surface area contributed by atoms with Gasteiger partial charge in [0.1, 0.15) is 0 Å². The van der Waals surface area contributed by atoms with Gasteiger partial charge >= 0.3 is 0 Å². The van der Waals surface area contributed by atoms with Crippen LogP contribution < -0.4 is 0 Å². The number of thiophene rings is 2. The Balaban J connectivity index is 1.74. The van der Waals surface area contributed by atoms with E-state index in [1.54, 1.807) is 22.7 Å². The van der Waals surface area contributed by atoms with Crippen molar-refractivity contribution in [3.05, 3.63) is 83.2 Å². The molecular weight excluding hydrogens is 392 g/mol. The molecule has 1 amide bonds. The summed E-state index contributed by atoms with van der Waals surface area (Å²) < 4.78 is 0. The van der Waals surface area contributed by atoms with E-state index < -0.39 is 4.92 Å². The van der Waals surface area contributed by atoms with Crippen molar-refractivity contribution < 1.29 is 9.72 Å². The largest absolute Gasteiger partial charge is 0.326 e. The van der Waals surface area contributed by atoms with Crippen molar-refractivity contribution in [2.75, 3.05) is 6.54 Å². The summed E-state index contributed by atoms with van der Waals surface area (Å²) >= 11 is 9.51. The second kappa shape index (κ2) is 6.83.